The van der Waals surface area contributed by atoms with E-state index in [-0.39, 0.29) is 17.5 Å². The minimum atomic E-state index is -0.320. The van der Waals surface area contributed by atoms with Gasteiger partial charge >= 0.3 is 0 Å². The average molecular weight is 442 g/mol. The maximum absolute atomic E-state index is 13.3. The first-order valence-electron chi connectivity index (χ1n) is 9.52. The topological polar surface area (TPSA) is 72.7 Å². The fraction of sp³-hybridized carbons (Fsp3) is 0.238. The van der Waals surface area contributed by atoms with E-state index in [2.05, 4.69) is 33.5 Å². The molecule has 0 aliphatic carbocycles. The number of anilines is 1. The van der Waals surface area contributed by atoms with Crippen molar-refractivity contribution in [2.75, 3.05) is 11.1 Å². The lowest BCUT2D eigenvalue weighted by molar-refractivity contribution is -0.113. The normalized spacial score (nSPS) is 11.2. The number of rotatable bonds is 7. The molecule has 154 valence electrons. The largest absolute Gasteiger partial charge is 0.302 e. The number of hydrogen-bond donors (Lipinski definition) is 1. The molecule has 0 saturated heterocycles. The standard InChI is InChI=1S/C21H20FN5OS2/c1-3-9-27-19(14-6-4-5-13(2)10-14)25-26-21(27)29-12-18(28)24-20-23-16-8-7-15(22)11-17(16)30-20/h4-8,10-11H,3,9,12H2,1-2H3,(H,23,24,28). The maximum Gasteiger partial charge on any atom is 0.236 e. The lowest BCUT2D eigenvalue weighted by Crippen LogP contribution is -2.14. The third-order valence-electron chi connectivity index (χ3n) is 4.37. The van der Waals surface area contributed by atoms with Gasteiger partial charge in [-0.2, -0.15) is 0 Å². The van der Waals surface area contributed by atoms with Crippen LogP contribution in [0.5, 0.6) is 0 Å². The minimum Gasteiger partial charge on any atom is -0.302 e. The van der Waals surface area contributed by atoms with Gasteiger partial charge in [-0.05, 0) is 37.6 Å². The smallest absolute Gasteiger partial charge is 0.236 e. The molecule has 0 radical (unpaired) electrons. The van der Waals surface area contributed by atoms with Gasteiger partial charge < -0.3 is 9.88 Å². The summed E-state index contributed by atoms with van der Waals surface area (Å²) in [4.78, 5) is 16.7. The number of aromatic nitrogens is 4. The summed E-state index contributed by atoms with van der Waals surface area (Å²) in [6, 6.07) is 12.5. The molecule has 2 aromatic carbocycles. The molecule has 4 rings (SSSR count). The molecule has 0 saturated carbocycles. The molecule has 4 aromatic rings. The molecule has 0 fully saturated rings. The number of carbonyl (C=O) groups excluding carboxylic acids is 1. The van der Waals surface area contributed by atoms with Gasteiger partial charge in [0.15, 0.2) is 16.1 Å². The number of fused-ring (bicyclic) bond motifs is 1. The molecule has 30 heavy (non-hydrogen) atoms. The van der Waals surface area contributed by atoms with E-state index >= 15 is 0 Å². The van der Waals surface area contributed by atoms with Crippen molar-refractivity contribution >= 4 is 44.4 Å². The second-order valence-electron chi connectivity index (χ2n) is 6.80. The first kappa shape index (κ1) is 20.5. The third kappa shape index (κ3) is 4.52. The lowest BCUT2D eigenvalue weighted by Gasteiger charge is -2.09. The minimum absolute atomic E-state index is 0.181. The predicted molar refractivity (Wildman–Crippen MR) is 119 cm³/mol. The van der Waals surface area contributed by atoms with Crippen molar-refractivity contribution in [1.29, 1.82) is 0 Å². The van der Waals surface area contributed by atoms with Crippen molar-refractivity contribution in [3.63, 3.8) is 0 Å². The van der Waals surface area contributed by atoms with Gasteiger partial charge in [0.2, 0.25) is 5.91 Å². The summed E-state index contributed by atoms with van der Waals surface area (Å²) in [6.45, 7) is 4.90. The van der Waals surface area contributed by atoms with Crippen LogP contribution in [0.3, 0.4) is 0 Å². The molecule has 9 heteroatoms. The van der Waals surface area contributed by atoms with Gasteiger partial charge in [-0.15, -0.1) is 10.2 Å². The Bertz CT molecular complexity index is 1200. The van der Waals surface area contributed by atoms with Crippen LogP contribution in [0.15, 0.2) is 47.6 Å². The molecule has 1 amide bonds. The number of amides is 1. The zero-order chi connectivity index (χ0) is 21.1. The summed E-state index contributed by atoms with van der Waals surface area (Å²) in [5.74, 6) is 0.471. The molecule has 0 aliphatic rings. The van der Waals surface area contributed by atoms with Crippen molar-refractivity contribution in [2.45, 2.75) is 32.0 Å². The van der Waals surface area contributed by atoms with Crippen LogP contribution < -0.4 is 5.32 Å². The van der Waals surface area contributed by atoms with Crippen LogP contribution >= 0.6 is 23.1 Å². The zero-order valence-corrected chi connectivity index (χ0v) is 18.2. The van der Waals surface area contributed by atoms with Crippen molar-refractivity contribution in [3.05, 3.63) is 53.8 Å². The number of halogens is 1. The number of carbonyl (C=O) groups is 1. The van der Waals surface area contributed by atoms with Crippen LogP contribution in [0.1, 0.15) is 18.9 Å². The second kappa shape index (κ2) is 8.93. The summed E-state index contributed by atoms with van der Waals surface area (Å²) < 4.78 is 16.1. The number of nitrogens with zero attached hydrogens (tertiary/aromatic N) is 4. The third-order valence-corrected chi connectivity index (χ3v) is 6.27. The molecule has 0 atom stereocenters. The molecule has 0 unspecified atom stereocenters. The molecule has 2 heterocycles. The summed E-state index contributed by atoms with van der Waals surface area (Å²) in [7, 11) is 0. The molecular formula is C21H20FN5OS2. The Kier molecular flexibility index (Phi) is 6.10. The first-order valence-corrected chi connectivity index (χ1v) is 11.3. The van der Waals surface area contributed by atoms with E-state index in [9.17, 15) is 9.18 Å². The van der Waals surface area contributed by atoms with Gasteiger partial charge in [0, 0.05) is 12.1 Å². The summed E-state index contributed by atoms with van der Waals surface area (Å²) in [5, 5.41) is 12.6. The van der Waals surface area contributed by atoms with Gasteiger partial charge in [-0.3, -0.25) is 4.79 Å². The van der Waals surface area contributed by atoms with E-state index in [0.717, 1.165) is 29.9 Å². The van der Waals surface area contributed by atoms with Crippen LogP contribution in [0.2, 0.25) is 0 Å². The summed E-state index contributed by atoms with van der Waals surface area (Å²) in [6.07, 6.45) is 0.929. The monoisotopic (exact) mass is 441 g/mol. The van der Waals surface area contributed by atoms with Crippen molar-refractivity contribution in [2.24, 2.45) is 0 Å². The molecule has 0 bridgehead atoms. The van der Waals surface area contributed by atoms with E-state index in [1.807, 2.05) is 29.7 Å². The number of hydrogen-bond acceptors (Lipinski definition) is 6. The predicted octanol–water partition coefficient (Wildman–Crippen LogP) is 5.14. The fourth-order valence-electron chi connectivity index (χ4n) is 3.06. The number of thiazole rings is 1. The number of aryl methyl sites for hydroxylation is 1. The maximum atomic E-state index is 13.3. The Labute approximate surface area is 181 Å². The highest BCUT2D eigenvalue weighted by Gasteiger charge is 2.16. The van der Waals surface area contributed by atoms with E-state index in [0.29, 0.717) is 20.5 Å². The quantitative estimate of drug-likeness (QED) is 0.402. The molecule has 1 N–H and O–H groups in total. The summed E-state index contributed by atoms with van der Waals surface area (Å²) >= 11 is 2.59. The van der Waals surface area contributed by atoms with Crippen molar-refractivity contribution < 1.29 is 9.18 Å². The van der Waals surface area contributed by atoms with E-state index in [1.165, 1.54) is 35.2 Å². The molecule has 0 spiro atoms. The van der Waals surface area contributed by atoms with E-state index in [4.69, 9.17) is 0 Å². The number of nitrogens with one attached hydrogen (secondary N) is 1. The Balaban J connectivity index is 1.46. The Morgan fingerprint density at radius 3 is 2.90 bits per heavy atom. The van der Waals surface area contributed by atoms with E-state index < -0.39 is 0 Å². The number of thioether (sulfide) groups is 1. The highest BCUT2D eigenvalue weighted by atomic mass is 32.2. The second-order valence-corrected chi connectivity index (χ2v) is 8.77. The van der Waals surface area contributed by atoms with Crippen molar-refractivity contribution in [1.82, 2.24) is 19.7 Å². The first-order chi connectivity index (χ1) is 14.5. The number of benzene rings is 2. The fourth-order valence-corrected chi connectivity index (χ4v) is 4.73. The average Bonchev–Trinajstić information content (AvgIpc) is 3.29. The lowest BCUT2D eigenvalue weighted by atomic mass is 10.1. The van der Waals surface area contributed by atoms with Gasteiger partial charge in [-0.1, -0.05) is 53.8 Å². The highest BCUT2D eigenvalue weighted by Crippen LogP contribution is 2.28. The van der Waals surface area contributed by atoms with Crippen LogP contribution in [0.25, 0.3) is 21.6 Å². The zero-order valence-electron chi connectivity index (χ0n) is 16.6. The Morgan fingerprint density at radius 2 is 2.10 bits per heavy atom. The van der Waals surface area contributed by atoms with Crippen LogP contribution in [0, 0.1) is 12.7 Å². The molecular weight excluding hydrogens is 421 g/mol. The van der Waals surface area contributed by atoms with E-state index in [1.54, 1.807) is 6.07 Å². The Hall–Kier alpha value is -2.78. The van der Waals surface area contributed by atoms with Crippen LogP contribution in [-0.4, -0.2) is 31.4 Å². The van der Waals surface area contributed by atoms with Gasteiger partial charge in [0.25, 0.3) is 0 Å². The SMILES string of the molecule is CCCn1c(SCC(=O)Nc2nc3ccc(F)cc3s2)nnc1-c1cccc(C)c1. The van der Waals surface area contributed by atoms with Crippen LogP contribution in [-0.2, 0) is 11.3 Å². The molecule has 2 aromatic heterocycles. The highest BCUT2D eigenvalue weighted by molar-refractivity contribution is 7.99. The van der Waals surface area contributed by atoms with Gasteiger partial charge in [-0.25, -0.2) is 9.37 Å². The Morgan fingerprint density at radius 1 is 1.23 bits per heavy atom. The summed E-state index contributed by atoms with van der Waals surface area (Å²) in [5.41, 5.74) is 2.83. The van der Waals surface area contributed by atoms with Gasteiger partial charge in [0.1, 0.15) is 5.82 Å². The van der Waals surface area contributed by atoms with Crippen LogP contribution in [0.4, 0.5) is 9.52 Å². The molecule has 0 aliphatic heterocycles. The van der Waals surface area contributed by atoms with Crippen molar-refractivity contribution in [3.8, 4) is 11.4 Å². The molecule has 6 nitrogen and oxygen atoms in total. The van der Waals surface area contributed by atoms with Gasteiger partial charge in [0.05, 0.1) is 16.0 Å².